The molecule has 1 N–H and O–H groups in total. The van der Waals surface area contributed by atoms with Gasteiger partial charge in [-0.1, -0.05) is 13.8 Å². The Kier molecular flexibility index (Phi) is 7.08. The van der Waals surface area contributed by atoms with Gasteiger partial charge in [-0.25, -0.2) is 4.79 Å². The van der Waals surface area contributed by atoms with E-state index >= 15 is 0 Å². The Bertz CT molecular complexity index is 353. The fourth-order valence-corrected chi connectivity index (χ4v) is 1.18. The van der Waals surface area contributed by atoms with Crippen LogP contribution in [0.1, 0.15) is 40.2 Å². The van der Waals surface area contributed by atoms with Gasteiger partial charge in [-0.2, -0.15) is 5.10 Å². The van der Waals surface area contributed by atoms with E-state index in [2.05, 4.69) is 10.4 Å². The monoisotopic (exact) mass is 255 g/mol. The van der Waals surface area contributed by atoms with Gasteiger partial charge in [0, 0.05) is 12.7 Å². The molecule has 104 valence electrons. The molecule has 0 spiro atoms. The average Bonchev–Trinajstić information content (AvgIpc) is 2.64. The molecule has 0 saturated carbocycles. The summed E-state index contributed by atoms with van der Waals surface area (Å²) in [5.41, 5.74) is 0.657. The van der Waals surface area contributed by atoms with Gasteiger partial charge >= 0.3 is 6.09 Å². The molecule has 0 saturated heterocycles. The van der Waals surface area contributed by atoms with Gasteiger partial charge in [0.15, 0.2) is 0 Å². The highest BCUT2D eigenvalue weighted by Crippen LogP contribution is 2.06. The smallest absolute Gasteiger partial charge is 0.407 e. The Morgan fingerprint density at radius 1 is 1.44 bits per heavy atom. The van der Waals surface area contributed by atoms with Gasteiger partial charge in [0.05, 0.1) is 12.7 Å². The standard InChI is InChI=1S/C11H19N3O2.C2H6/c1-9-7-13-14(8-9)6-5-12-10(15)16-11(2,3)4;1-2/h7-8H,5-6H2,1-4H3,(H,12,15);1-2H3. The molecule has 0 aliphatic rings. The van der Waals surface area contributed by atoms with E-state index in [0.29, 0.717) is 13.1 Å². The molecule has 0 fully saturated rings. The fourth-order valence-electron chi connectivity index (χ4n) is 1.18. The van der Waals surface area contributed by atoms with Crippen LogP contribution in [0.2, 0.25) is 0 Å². The van der Waals surface area contributed by atoms with Crippen LogP contribution >= 0.6 is 0 Å². The van der Waals surface area contributed by atoms with Crippen molar-refractivity contribution < 1.29 is 9.53 Å². The lowest BCUT2D eigenvalue weighted by atomic mass is 10.2. The number of alkyl carbamates (subject to hydrolysis) is 1. The number of rotatable bonds is 3. The highest BCUT2D eigenvalue weighted by Gasteiger charge is 2.15. The van der Waals surface area contributed by atoms with E-state index in [4.69, 9.17) is 4.74 Å². The second-order valence-corrected chi connectivity index (χ2v) is 4.71. The van der Waals surface area contributed by atoms with Crippen LogP contribution in [0, 0.1) is 6.92 Å². The van der Waals surface area contributed by atoms with Gasteiger partial charge in [-0.05, 0) is 33.3 Å². The van der Waals surface area contributed by atoms with Crippen molar-refractivity contribution in [2.75, 3.05) is 6.54 Å². The molecule has 5 heteroatoms. The molecule has 0 radical (unpaired) electrons. The van der Waals surface area contributed by atoms with Crippen molar-refractivity contribution in [2.45, 2.75) is 53.7 Å². The maximum Gasteiger partial charge on any atom is 0.407 e. The first kappa shape index (κ1) is 16.5. The van der Waals surface area contributed by atoms with Crippen molar-refractivity contribution in [1.82, 2.24) is 15.1 Å². The molecular weight excluding hydrogens is 230 g/mol. The van der Waals surface area contributed by atoms with Crippen LogP contribution in [0.4, 0.5) is 4.79 Å². The Balaban J connectivity index is 0.00000137. The molecule has 0 bridgehead atoms. The van der Waals surface area contributed by atoms with Gasteiger partial charge in [0.1, 0.15) is 5.60 Å². The Hall–Kier alpha value is -1.52. The third kappa shape index (κ3) is 7.70. The molecule has 0 atom stereocenters. The minimum Gasteiger partial charge on any atom is -0.444 e. The molecule has 1 amide bonds. The molecule has 5 nitrogen and oxygen atoms in total. The van der Waals surface area contributed by atoms with Crippen molar-refractivity contribution >= 4 is 6.09 Å². The first-order valence-corrected chi connectivity index (χ1v) is 6.33. The zero-order valence-corrected chi connectivity index (χ0v) is 12.3. The lowest BCUT2D eigenvalue weighted by Crippen LogP contribution is -2.34. The summed E-state index contributed by atoms with van der Waals surface area (Å²) < 4.78 is 6.89. The van der Waals surface area contributed by atoms with E-state index in [1.807, 2.05) is 47.7 Å². The van der Waals surface area contributed by atoms with Crippen molar-refractivity contribution in [2.24, 2.45) is 0 Å². The average molecular weight is 255 g/mol. The SMILES string of the molecule is CC.Cc1cnn(CCNC(=O)OC(C)(C)C)c1. The number of ether oxygens (including phenoxy) is 1. The summed E-state index contributed by atoms with van der Waals surface area (Å²) in [4.78, 5) is 11.3. The largest absolute Gasteiger partial charge is 0.444 e. The van der Waals surface area contributed by atoms with E-state index in [1.54, 1.807) is 10.9 Å². The zero-order valence-electron chi connectivity index (χ0n) is 12.3. The predicted octanol–water partition coefficient (Wildman–Crippen LogP) is 2.74. The molecular formula is C13H25N3O2. The molecule has 1 heterocycles. The molecule has 0 aromatic carbocycles. The maximum absolute atomic E-state index is 11.3. The first-order chi connectivity index (χ1) is 8.37. The van der Waals surface area contributed by atoms with Gasteiger partial charge in [-0.3, -0.25) is 4.68 Å². The Morgan fingerprint density at radius 2 is 2.06 bits per heavy atom. The normalized spacial score (nSPS) is 10.3. The number of aromatic nitrogens is 2. The molecule has 18 heavy (non-hydrogen) atoms. The van der Waals surface area contributed by atoms with E-state index in [9.17, 15) is 4.79 Å². The first-order valence-electron chi connectivity index (χ1n) is 6.33. The molecule has 1 aromatic rings. The van der Waals surface area contributed by atoms with E-state index in [1.165, 1.54) is 0 Å². The highest BCUT2D eigenvalue weighted by molar-refractivity contribution is 5.67. The van der Waals surface area contributed by atoms with Crippen molar-refractivity contribution in [3.63, 3.8) is 0 Å². The summed E-state index contributed by atoms with van der Waals surface area (Å²) >= 11 is 0. The van der Waals surface area contributed by atoms with Crippen LogP contribution in [0.5, 0.6) is 0 Å². The van der Waals surface area contributed by atoms with Gasteiger partial charge in [0.2, 0.25) is 0 Å². The number of carbonyl (C=O) groups excluding carboxylic acids is 1. The molecule has 0 aliphatic carbocycles. The molecule has 1 rings (SSSR count). The van der Waals surface area contributed by atoms with Crippen molar-refractivity contribution in [3.05, 3.63) is 18.0 Å². The molecule has 1 aromatic heterocycles. The van der Waals surface area contributed by atoms with E-state index in [0.717, 1.165) is 5.56 Å². The summed E-state index contributed by atoms with van der Waals surface area (Å²) in [6.45, 7) is 12.6. The summed E-state index contributed by atoms with van der Waals surface area (Å²) in [6.07, 6.45) is 3.32. The number of hydrogen-bond donors (Lipinski definition) is 1. The highest BCUT2D eigenvalue weighted by atomic mass is 16.6. The predicted molar refractivity (Wildman–Crippen MR) is 72.5 cm³/mol. The number of nitrogens with zero attached hydrogens (tertiary/aromatic N) is 2. The van der Waals surface area contributed by atoms with Crippen LogP contribution in [-0.4, -0.2) is 28.0 Å². The van der Waals surface area contributed by atoms with Crippen molar-refractivity contribution in [1.29, 1.82) is 0 Å². The minimum absolute atomic E-state index is 0.392. The third-order valence-corrected chi connectivity index (χ3v) is 1.77. The van der Waals surface area contributed by atoms with Crippen LogP contribution < -0.4 is 5.32 Å². The van der Waals surface area contributed by atoms with E-state index in [-0.39, 0.29) is 0 Å². The number of nitrogens with one attached hydrogen (secondary N) is 1. The summed E-state index contributed by atoms with van der Waals surface area (Å²) in [6, 6.07) is 0. The lowest BCUT2D eigenvalue weighted by molar-refractivity contribution is 0.0525. The van der Waals surface area contributed by atoms with Gasteiger partial charge < -0.3 is 10.1 Å². The van der Waals surface area contributed by atoms with Crippen LogP contribution in [0.15, 0.2) is 12.4 Å². The Labute approximate surface area is 110 Å². The minimum atomic E-state index is -0.452. The topological polar surface area (TPSA) is 56.2 Å². The summed E-state index contributed by atoms with van der Waals surface area (Å²) in [5.74, 6) is 0. The summed E-state index contributed by atoms with van der Waals surface area (Å²) in [7, 11) is 0. The number of aryl methyl sites for hydroxylation is 1. The number of carbonyl (C=O) groups is 1. The second-order valence-electron chi connectivity index (χ2n) is 4.71. The Morgan fingerprint density at radius 3 is 2.50 bits per heavy atom. The van der Waals surface area contributed by atoms with Crippen LogP contribution in [-0.2, 0) is 11.3 Å². The second kappa shape index (κ2) is 7.74. The van der Waals surface area contributed by atoms with Crippen LogP contribution in [0.3, 0.4) is 0 Å². The quantitative estimate of drug-likeness (QED) is 0.903. The maximum atomic E-state index is 11.3. The van der Waals surface area contributed by atoms with Crippen LogP contribution in [0.25, 0.3) is 0 Å². The van der Waals surface area contributed by atoms with Gasteiger partial charge in [-0.15, -0.1) is 0 Å². The lowest BCUT2D eigenvalue weighted by Gasteiger charge is -2.19. The fraction of sp³-hybridized carbons (Fsp3) is 0.692. The third-order valence-electron chi connectivity index (χ3n) is 1.77. The van der Waals surface area contributed by atoms with E-state index < -0.39 is 11.7 Å². The molecule has 0 unspecified atom stereocenters. The molecule has 0 aliphatic heterocycles. The zero-order chi connectivity index (χ0) is 14.2. The van der Waals surface area contributed by atoms with Gasteiger partial charge in [0.25, 0.3) is 0 Å². The van der Waals surface area contributed by atoms with Crippen molar-refractivity contribution in [3.8, 4) is 0 Å². The summed E-state index contributed by atoms with van der Waals surface area (Å²) in [5, 5.41) is 6.79. The number of amides is 1. The number of hydrogen-bond acceptors (Lipinski definition) is 3.